The minimum Gasteiger partial charge on any atom is -0.508 e. The van der Waals surface area contributed by atoms with Gasteiger partial charge in [0, 0.05) is 25.0 Å². The maximum atomic E-state index is 12.6. The number of amides is 1. The lowest BCUT2D eigenvalue weighted by molar-refractivity contribution is -0.122. The summed E-state index contributed by atoms with van der Waals surface area (Å²) in [6.45, 7) is 10.9. The number of carbonyl (C=O) groups is 1. The van der Waals surface area contributed by atoms with E-state index in [4.69, 9.17) is 0 Å². The van der Waals surface area contributed by atoms with E-state index >= 15 is 0 Å². The number of aryl methyl sites for hydroxylation is 1. The van der Waals surface area contributed by atoms with Gasteiger partial charge in [0.05, 0.1) is 0 Å². The number of piperidine rings is 1. The molecule has 0 saturated carbocycles. The van der Waals surface area contributed by atoms with Crippen molar-refractivity contribution in [3.05, 3.63) is 65.7 Å². The van der Waals surface area contributed by atoms with E-state index in [0.29, 0.717) is 36.0 Å². The van der Waals surface area contributed by atoms with Crippen molar-refractivity contribution in [2.75, 3.05) is 13.1 Å². The van der Waals surface area contributed by atoms with Crippen molar-refractivity contribution in [1.82, 2.24) is 10.2 Å². The number of carbonyl (C=O) groups excluding carboxylic acids is 1. The molecule has 4 nitrogen and oxygen atoms in total. The highest BCUT2D eigenvalue weighted by Gasteiger charge is 2.34. The molecule has 0 bridgehead atoms. The molecule has 1 aliphatic rings. The van der Waals surface area contributed by atoms with Crippen LogP contribution in [0.25, 0.3) is 0 Å². The van der Waals surface area contributed by atoms with E-state index in [1.165, 1.54) is 11.1 Å². The lowest BCUT2D eigenvalue weighted by Gasteiger charge is -2.44. The number of hydrogen-bond acceptors (Lipinski definition) is 3. The van der Waals surface area contributed by atoms with Gasteiger partial charge in [-0.25, -0.2) is 0 Å². The van der Waals surface area contributed by atoms with Gasteiger partial charge >= 0.3 is 0 Å². The Kier molecular flexibility index (Phi) is 8.14. The molecule has 1 aliphatic heterocycles. The summed E-state index contributed by atoms with van der Waals surface area (Å²) in [4.78, 5) is 15.2. The van der Waals surface area contributed by atoms with Crippen molar-refractivity contribution in [2.45, 2.75) is 65.0 Å². The monoisotopic (exact) mass is 422 g/mol. The first-order valence-electron chi connectivity index (χ1n) is 11.7. The molecule has 0 aliphatic carbocycles. The van der Waals surface area contributed by atoms with Gasteiger partial charge in [0.15, 0.2) is 0 Å². The van der Waals surface area contributed by atoms with E-state index < -0.39 is 0 Å². The van der Waals surface area contributed by atoms with E-state index in [2.05, 4.69) is 56.1 Å². The first kappa shape index (κ1) is 23.3. The molecular weight excluding hydrogens is 384 g/mol. The minimum absolute atomic E-state index is 0.137. The highest BCUT2D eigenvalue weighted by molar-refractivity contribution is 5.76. The third kappa shape index (κ3) is 6.33. The quantitative estimate of drug-likeness (QED) is 0.631. The zero-order valence-corrected chi connectivity index (χ0v) is 19.4. The van der Waals surface area contributed by atoms with Gasteiger partial charge in [-0.15, -0.1) is 0 Å². The number of benzene rings is 2. The molecule has 4 atom stereocenters. The first-order chi connectivity index (χ1) is 14.8. The fraction of sp³-hybridized carbons (Fsp3) is 0.519. The van der Waals surface area contributed by atoms with Crippen LogP contribution in [0.2, 0.25) is 0 Å². The molecule has 1 heterocycles. The first-order valence-corrected chi connectivity index (χ1v) is 11.7. The van der Waals surface area contributed by atoms with Crippen LogP contribution in [0, 0.1) is 11.8 Å². The molecule has 3 rings (SSSR count). The number of rotatable bonds is 8. The second-order valence-electron chi connectivity index (χ2n) is 9.49. The standard InChI is InChI=1S/C27H38N2O2/c1-19(2)26(28-27(31)14-13-22-9-6-5-7-10-22)18-29-16-15-25(20(3)21(29)4)23-11-8-12-24(30)17-23/h5-12,17,19-21,25-26,30H,13-16,18H2,1-4H3,(H,28,31)/t20-,21?,25+,26+/m0/s1. The van der Waals surface area contributed by atoms with Gasteiger partial charge in [0.1, 0.15) is 5.75 Å². The summed E-state index contributed by atoms with van der Waals surface area (Å²) >= 11 is 0. The second-order valence-corrected chi connectivity index (χ2v) is 9.49. The topological polar surface area (TPSA) is 52.6 Å². The summed E-state index contributed by atoms with van der Waals surface area (Å²) < 4.78 is 0. The van der Waals surface area contributed by atoms with Crippen LogP contribution < -0.4 is 5.32 Å². The van der Waals surface area contributed by atoms with Crippen molar-refractivity contribution in [2.24, 2.45) is 11.8 Å². The molecule has 168 valence electrons. The van der Waals surface area contributed by atoms with Crippen molar-refractivity contribution in [3.63, 3.8) is 0 Å². The minimum atomic E-state index is 0.137. The second kappa shape index (κ2) is 10.8. The van der Waals surface area contributed by atoms with Gasteiger partial charge in [-0.3, -0.25) is 9.69 Å². The van der Waals surface area contributed by atoms with Gasteiger partial charge in [0.2, 0.25) is 5.91 Å². The smallest absolute Gasteiger partial charge is 0.220 e. The summed E-state index contributed by atoms with van der Waals surface area (Å²) in [7, 11) is 0. The van der Waals surface area contributed by atoms with Gasteiger partial charge in [-0.2, -0.15) is 0 Å². The molecule has 2 N–H and O–H groups in total. The Hall–Kier alpha value is -2.33. The molecule has 4 heteroatoms. The van der Waals surface area contributed by atoms with Crippen molar-refractivity contribution < 1.29 is 9.90 Å². The predicted molar refractivity (Wildman–Crippen MR) is 127 cm³/mol. The Morgan fingerprint density at radius 1 is 1.13 bits per heavy atom. The van der Waals surface area contributed by atoms with Crippen LogP contribution >= 0.6 is 0 Å². The summed E-state index contributed by atoms with van der Waals surface area (Å²) in [6.07, 6.45) is 2.38. The molecule has 0 radical (unpaired) electrons. The Balaban J connectivity index is 1.56. The van der Waals surface area contributed by atoms with Crippen molar-refractivity contribution in [1.29, 1.82) is 0 Å². The van der Waals surface area contributed by atoms with Crippen LogP contribution in [-0.4, -0.2) is 41.1 Å². The molecule has 2 aromatic carbocycles. The Labute approximate surface area is 187 Å². The van der Waals surface area contributed by atoms with Crippen LogP contribution in [0.4, 0.5) is 0 Å². The zero-order valence-electron chi connectivity index (χ0n) is 19.4. The normalized spacial score (nSPS) is 22.9. The van der Waals surface area contributed by atoms with Gasteiger partial charge in [-0.05, 0) is 67.3 Å². The lowest BCUT2D eigenvalue weighted by Crippen LogP contribution is -2.53. The van der Waals surface area contributed by atoms with Gasteiger partial charge < -0.3 is 10.4 Å². The van der Waals surface area contributed by atoms with E-state index in [1.54, 1.807) is 6.07 Å². The van der Waals surface area contributed by atoms with E-state index in [1.807, 2.05) is 30.3 Å². The van der Waals surface area contributed by atoms with Crippen LogP contribution in [0.1, 0.15) is 57.6 Å². The largest absolute Gasteiger partial charge is 0.508 e. The maximum absolute atomic E-state index is 12.6. The number of nitrogens with zero attached hydrogens (tertiary/aromatic N) is 1. The average Bonchev–Trinajstić information content (AvgIpc) is 2.75. The maximum Gasteiger partial charge on any atom is 0.220 e. The number of nitrogens with one attached hydrogen (secondary N) is 1. The fourth-order valence-corrected chi connectivity index (χ4v) is 4.78. The lowest BCUT2D eigenvalue weighted by atomic mass is 9.77. The van der Waals surface area contributed by atoms with E-state index in [9.17, 15) is 9.90 Å². The third-order valence-electron chi connectivity index (χ3n) is 7.06. The number of phenols is 1. The summed E-state index contributed by atoms with van der Waals surface area (Å²) in [5.74, 6) is 1.80. The average molecular weight is 423 g/mol. The molecule has 2 aromatic rings. The summed E-state index contributed by atoms with van der Waals surface area (Å²) in [5, 5.41) is 13.2. The summed E-state index contributed by atoms with van der Waals surface area (Å²) in [6, 6.07) is 18.5. The molecule has 1 fully saturated rings. The van der Waals surface area contributed by atoms with Crippen molar-refractivity contribution in [3.8, 4) is 5.75 Å². The fourth-order valence-electron chi connectivity index (χ4n) is 4.78. The Morgan fingerprint density at radius 2 is 1.87 bits per heavy atom. The van der Waals surface area contributed by atoms with Crippen LogP contribution in [0.15, 0.2) is 54.6 Å². The van der Waals surface area contributed by atoms with Crippen LogP contribution in [0.5, 0.6) is 5.75 Å². The molecule has 0 spiro atoms. The molecule has 0 aromatic heterocycles. The Morgan fingerprint density at radius 3 is 2.55 bits per heavy atom. The van der Waals surface area contributed by atoms with Crippen LogP contribution in [-0.2, 0) is 11.2 Å². The van der Waals surface area contributed by atoms with Crippen molar-refractivity contribution >= 4 is 5.91 Å². The highest BCUT2D eigenvalue weighted by Crippen LogP contribution is 2.37. The highest BCUT2D eigenvalue weighted by atomic mass is 16.3. The SMILES string of the molecule is CC(C)[C@@H](CN1CC[C@@H](c2cccc(O)c2)[C@@H](C)C1C)NC(=O)CCc1ccccc1. The Bertz CT molecular complexity index is 836. The number of hydrogen-bond donors (Lipinski definition) is 2. The van der Waals surface area contributed by atoms with Crippen LogP contribution in [0.3, 0.4) is 0 Å². The predicted octanol–water partition coefficient (Wildman–Crippen LogP) is 4.98. The van der Waals surface area contributed by atoms with Gasteiger partial charge in [0.25, 0.3) is 0 Å². The molecule has 31 heavy (non-hydrogen) atoms. The summed E-state index contributed by atoms with van der Waals surface area (Å²) in [5.41, 5.74) is 2.43. The zero-order chi connectivity index (χ0) is 22.4. The molecule has 1 amide bonds. The molecule has 1 saturated heterocycles. The molecule has 1 unspecified atom stereocenters. The molecular formula is C27H38N2O2. The third-order valence-corrected chi connectivity index (χ3v) is 7.06. The van der Waals surface area contributed by atoms with E-state index in [-0.39, 0.29) is 11.9 Å². The number of aromatic hydroxyl groups is 1. The number of phenolic OH excluding ortho intramolecular Hbond substituents is 1. The number of likely N-dealkylation sites (tertiary alicyclic amines) is 1. The van der Waals surface area contributed by atoms with E-state index in [0.717, 1.165) is 25.9 Å². The van der Waals surface area contributed by atoms with Gasteiger partial charge in [-0.1, -0.05) is 63.2 Å².